The third-order valence-electron chi connectivity index (χ3n) is 2.48. The molecule has 0 atom stereocenters. The van der Waals surface area contributed by atoms with Crippen molar-refractivity contribution < 1.29 is 4.79 Å². The summed E-state index contributed by atoms with van der Waals surface area (Å²) in [5, 5.41) is 11.8. The molecule has 1 amide bonds. The van der Waals surface area contributed by atoms with Crippen molar-refractivity contribution in [1.29, 1.82) is 0 Å². The molecule has 1 N–H and O–H groups in total. The third-order valence-corrected chi connectivity index (χ3v) is 3.54. The highest BCUT2D eigenvalue weighted by Crippen LogP contribution is 2.25. The van der Waals surface area contributed by atoms with Gasteiger partial charge in [-0.05, 0) is 12.8 Å². The minimum atomic E-state index is 0.0348. The highest BCUT2D eigenvalue weighted by Gasteiger charge is 2.17. The summed E-state index contributed by atoms with van der Waals surface area (Å²) in [4.78, 5) is 11.6. The van der Waals surface area contributed by atoms with E-state index < -0.39 is 0 Å². The van der Waals surface area contributed by atoms with Gasteiger partial charge >= 0.3 is 0 Å². The van der Waals surface area contributed by atoms with Gasteiger partial charge in [0.2, 0.25) is 11.9 Å². The molecule has 16 heavy (non-hydrogen) atoms. The Hall–Kier alpha value is -1.04. The van der Waals surface area contributed by atoms with Crippen molar-refractivity contribution in [2.24, 2.45) is 0 Å². The molecule has 0 saturated heterocycles. The van der Waals surface area contributed by atoms with E-state index in [0.29, 0.717) is 12.4 Å². The first kappa shape index (κ1) is 11.4. The molecule has 0 radical (unpaired) electrons. The van der Waals surface area contributed by atoms with Crippen LogP contribution >= 0.6 is 11.8 Å². The molecule has 6 heteroatoms. The summed E-state index contributed by atoms with van der Waals surface area (Å²) in [5.74, 6) is 1.72. The Morgan fingerprint density at radius 1 is 1.56 bits per heavy atom. The first-order valence-electron chi connectivity index (χ1n) is 5.67. The molecule has 0 aromatic carbocycles. The van der Waals surface area contributed by atoms with Gasteiger partial charge in [0.25, 0.3) is 0 Å². The maximum atomic E-state index is 11.6. The Labute approximate surface area is 99.0 Å². The third kappa shape index (κ3) is 2.55. The average Bonchev–Trinajstić information content (AvgIpc) is 2.70. The number of fused-ring (bicyclic) bond motifs is 1. The van der Waals surface area contributed by atoms with E-state index in [0.717, 1.165) is 36.7 Å². The Morgan fingerprint density at radius 2 is 2.44 bits per heavy atom. The largest absolute Gasteiger partial charge is 0.295 e. The van der Waals surface area contributed by atoms with Crippen molar-refractivity contribution in [2.75, 3.05) is 11.1 Å². The lowest BCUT2D eigenvalue weighted by Gasteiger charge is -2.14. The Morgan fingerprint density at radius 3 is 3.25 bits per heavy atom. The Bertz CT molecular complexity index is 377. The van der Waals surface area contributed by atoms with Crippen LogP contribution < -0.4 is 5.32 Å². The minimum absolute atomic E-state index is 0.0348. The zero-order valence-electron chi connectivity index (χ0n) is 9.40. The van der Waals surface area contributed by atoms with Crippen LogP contribution in [0.3, 0.4) is 0 Å². The highest BCUT2D eigenvalue weighted by atomic mass is 32.2. The molecule has 5 nitrogen and oxygen atoms in total. The van der Waals surface area contributed by atoms with E-state index in [-0.39, 0.29) is 5.91 Å². The second kappa shape index (κ2) is 5.34. The van der Waals surface area contributed by atoms with Gasteiger partial charge in [-0.3, -0.25) is 14.7 Å². The number of carbonyl (C=O) groups excluding carboxylic acids is 1. The number of amides is 1. The van der Waals surface area contributed by atoms with Gasteiger partial charge in [-0.25, -0.2) is 0 Å². The van der Waals surface area contributed by atoms with Crippen LogP contribution in [0, 0.1) is 0 Å². The van der Waals surface area contributed by atoms with E-state index in [9.17, 15) is 4.79 Å². The van der Waals surface area contributed by atoms with E-state index in [1.807, 2.05) is 4.57 Å². The number of hydrogen-bond donors (Lipinski definition) is 1. The first-order chi connectivity index (χ1) is 7.81. The molecule has 0 saturated carbocycles. The van der Waals surface area contributed by atoms with Crippen LogP contribution in [-0.4, -0.2) is 26.4 Å². The number of nitrogens with one attached hydrogen (secondary N) is 1. The SMILES string of the molecule is CCCCC(=O)Nc1nnc2n1CCCS2. The van der Waals surface area contributed by atoms with E-state index in [1.54, 1.807) is 11.8 Å². The summed E-state index contributed by atoms with van der Waals surface area (Å²) in [6.45, 7) is 2.97. The average molecular weight is 240 g/mol. The van der Waals surface area contributed by atoms with Crippen molar-refractivity contribution in [3.63, 3.8) is 0 Å². The predicted octanol–water partition coefficient (Wildman–Crippen LogP) is 1.90. The maximum absolute atomic E-state index is 11.6. The number of hydrogen-bond acceptors (Lipinski definition) is 4. The molecule has 0 unspecified atom stereocenters. The van der Waals surface area contributed by atoms with E-state index >= 15 is 0 Å². The monoisotopic (exact) mass is 240 g/mol. The fraction of sp³-hybridized carbons (Fsp3) is 0.700. The minimum Gasteiger partial charge on any atom is -0.295 e. The van der Waals surface area contributed by atoms with E-state index in [1.165, 1.54) is 0 Å². The van der Waals surface area contributed by atoms with Gasteiger partial charge < -0.3 is 0 Å². The molecular formula is C10H16N4OS. The molecule has 1 aromatic rings. The molecule has 1 aliphatic rings. The fourth-order valence-corrected chi connectivity index (χ4v) is 2.49. The van der Waals surface area contributed by atoms with Crippen molar-refractivity contribution in [2.45, 2.75) is 44.3 Å². The van der Waals surface area contributed by atoms with Gasteiger partial charge in [0.1, 0.15) is 0 Å². The maximum Gasteiger partial charge on any atom is 0.231 e. The Balaban J connectivity index is 1.99. The standard InChI is InChI=1S/C10H16N4OS/c1-2-3-5-8(15)11-9-12-13-10-14(9)6-4-7-16-10/h2-7H2,1H3,(H,11,12,15). The molecule has 0 bridgehead atoms. The normalized spacial score (nSPS) is 14.6. The molecule has 1 aliphatic heterocycles. The smallest absolute Gasteiger partial charge is 0.231 e. The number of thioether (sulfide) groups is 1. The van der Waals surface area contributed by atoms with Crippen molar-refractivity contribution in [3.05, 3.63) is 0 Å². The Kier molecular flexibility index (Phi) is 3.82. The summed E-state index contributed by atoms with van der Waals surface area (Å²) in [5.41, 5.74) is 0. The lowest BCUT2D eigenvalue weighted by molar-refractivity contribution is -0.116. The number of nitrogens with zero attached hydrogens (tertiary/aromatic N) is 3. The quantitative estimate of drug-likeness (QED) is 0.873. The second-order valence-electron chi connectivity index (χ2n) is 3.81. The molecular weight excluding hydrogens is 224 g/mol. The van der Waals surface area contributed by atoms with Gasteiger partial charge in [0, 0.05) is 18.7 Å². The summed E-state index contributed by atoms with van der Waals surface area (Å²) in [7, 11) is 0. The zero-order chi connectivity index (χ0) is 11.4. The van der Waals surface area contributed by atoms with E-state index in [2.05, 4.69) is 22.4 Å². The number of anilines is 1. The summed E-state index contributed by atoms with van der Waals surface area (Å²) in [6, 6.07) is 0. The van der Waals surface area contributed by atoms with Crippen LogP contribution in [0.4, 0.5) is 5.95 Å². The van der Waals surface area contributed by atoms with Crippen LogP contribution in [0.1, 0.15) is 32.6 Å². The molecule has 0 spiro atoms. The van der Waals surface area contributed by atoms with Crippen molar-refractivity contribution in [1.82, 2.24) is 14.8 Å². The number of rotatable bonds is 4. The zero-order valence-corrected chi connectivity index (χ0v) is 10.2. The lowest BCUT2D eigenvalue weighted by Crippen LogP contribution is -2.17. The number of aromatic nitrogens is 3. The lowest BCUT2D eigenvalue weighted by atomic mass is 10.2. The first-order valence-corrected chi connectivity index (χ1v) is 6.65. The molecule has 88 valence electrons. The van der Waals surface area contributed by atoms with Gasteiger partial charge in [-0.2, -0.15) is 0 Å². The summed E-state index contributed by atoms with van der Waals surface area (Å²) >= 11 is 1.69. The second-order valence-corrected chi connectivity index (χ2v) is 4.87. The molecule has 0 fully saturated rings. The molecule has 0 aliphatic carbocycles. The van der Waals surface area contributed by atoms with Gasteiger partial charge in [-0.1, -0.05) is 25.1 Å². The van der Waals surface area contributed by atoms with Crippen molar-refractivity contribution >= 4 is 23.6 Å². The summed E-state index contributed by atoms with van der Waals surface area (Å²) in [6.07, 6.45) is 3.61. The molecule has 1 aromatic heterocycles. The van der Waals surface area contributed by atoms with Crippen molar-refractivity contribution in [3.8, 4) is 0 Å². The topological polar surface area (TPSA) is 59.8 Å². The predicted molar refractivity (Wildman–Crippen MR) is 63.5 cm³/mol. The van der Waals surface area contributed by atoms with Crippen LogP contribution in [-0.2, 0) is 11.3 Å². The summed E-state index contributed by atoms with van der Waals surface area (Å²) < 4.78 is 1.98. The van der Waals surface area contributed by atoms with Crippen LogP contribution in [0.5, 0.6) is 0 Å². The van der Waals surface area contributed by atoms with Crippen LogP contribution in [0.25, 0.3) is 0 Å². The fourth-order valence-electron chi connectivity index (χ4n) is 1.60. The molecule has 2 heterocycles. The van der Waals surface area contributed by atoms with Crippen LogP contribution in [0.15, 0.2) is 5.16 Å². The highest BCUT2D eigenvalue weighted by molar-refractivity contribution is 7.99. The van der Waals surface area contributed by atoms with E-state index in [4.69, 9.17) is 0 Å². The van der Waals surface area contributed by atoms with Crippen LogP contribution in [0.2, 0.25) is 0 Å². The van der Waals surface area contributed by atoms with Gasteiger partial charge in [0.05, 0.1) is 0 Å². The molecule has 2 rings (SSSR count). The number of carbonyl (C=O) groups is 1. The van der Waals surface area contributed by atoms with Gasteiger partial charge in [-0.15, -0.1) is 10.2 Å². The number of unbranched alkanes of at least 4 members (excludes halogenated alkanes) is 1. The van der Waals surface area contributed by atoms with Gasteiger partial charge in [0.15, 0.2) is 5.16 Å².